The highest BCUT2D eigenvalue weighted by atomic mass is 32.2. The molecule has 0 saturated heterocycles. The van der Waals surface area contributed by atoms with Crippen molar-refractivity contribution in [1.82, 2.24) is 5.16 Å². The van der Waals surface area contributed by atoms with Crippen LogP contribution in [0.5, 0.6) is 0 Å². The van der Waals surface area contributed by atoms with E-state index in [1.165, 1.54) is 6.07 Å². The van der Waals surface area contributed by atoms with Gasteiger partial charge in [0, 0.05) is 11.1 Å². The summed E-state index contributed by atoms with van der Waals surface area (Å²) in [6.07, 6.45) is -2.58. The first kappa shape index (κ1) is 20.9. The van der Waals surface area contributed by atoms with Crippen LogP contribution < -0.4 is 4.72 Å². The van der Waals surface area contributed by atoms with Gasteiger partial charge in [0.1, 0.15) is 12.4 Å². The van der Waals surface area contributed by atoms with Crippen LogP contribution in [0.1, 0.15) is 16.9 Å². The summed E-state index contributed by atoms with van der Waals surface area (Å²) in [5, 5.41) is 3.75. The molecule has 0 radical (unpaired) electrons. The Morgan fingerprint density at radius 3 is 2.38 bits per heavy atom. The number of rotatable bonds is 8. The number of halogens is 2. The predicted octanol–water partition coefficient (Wildman–Crippen LogP) is 4.54. The lowest BCUT2D eigenvalue weighted by Crippen LogP contribution is -2.15. The van der Waals surface area contributed by atoms with E-state index in [0.717, 1.165) is 0 Å². The molecule has 0 bridgehead atoms. The Hall–Kier alpha value is -2.78. The molecule has 1 heterocycles. The number of aryl methyl sites for hydroxylation is 1. The largest absolute Gasteiger partial charge is 0.371 e. The number of nitrogens with zero attached hydrogens (tertiary/aromatic N) is 1. The first-order valence-corrected chi connectivity index (χ1v) is 10.3. The van der Waals surface area contributed by atoms with Crippen LogP contribution in [-0.4, -0.2) is 26.6 Å². The van der Waals surface area contributed by atoms with Gasteiger partial charge in [0.25, 0.3) is 16.4 Å². The molecule has 0 unspecified atom stereocenters. The van der Waals surface area contributed by atoms with E-state index in [2.05, 4.69) is 9.88 Å². The summed E-state index contributed by atoms with van der Waals surface area (Å²) in [5.74, 6) is 0.628. The Morgan fingerprint density at radius 1 is 1.07 bits per heavy atom. The summed E-state index contributed by atoms with van der Waals surface area (Å²) in [6, 6.07) is 13.3. The summed E-state index contributed by atoms with van der Waals surface area (Å²) < 4.78 is 63.4. The number of anilines is 1. The fourth-order valence-electron chi connectivity index (χ4n) is 2.79. The minimum absolute atomic E-state index is 0.0290. The van der Waals surface area contributed by atoms with E-state index >= 15 is 0 Å². The van der Waals surface area contributed by atoms with Gasteiger partial charge in [0.05, 0.1) is 11.5 Å². The molecule has 2 aromatic carbocycles. The van der Waals surface area contributed by atoms with Gasteiger partial charge in [-0.15, -0.1) is 0 Å². The highest BCUT2D eigenvalue weighted by Crippen LogP contribution is 2.32. The predicted molar refractivity (Wildman–Crippen MR) is 104 cm³/mol. The SMILES string of the molecule is Cc1onc(NS(=O)(=O)c2ccccc2-c2ccccc2COCC(F)F)c1C. The number of sulfonamides is 1. The van der Waals surface area contributed by atoms with Gasteiger partial charge in [-0.25, -0.2) is 17.2 Å². The van der Waals surface area contributed by atoms with Crippen LogP contribution in [0.4, 0.5) is 14.6 Å². The quantitative estimate of drug-likeness (QED) is 0.576. The third kappa shape index (κ3) is 4.80. The van der Waals surface area contributed by atoms with E-state index < -0.39 is 23.1 Å². The van der Waals surface area contributed by atoms with Crippen LogP contribution in [0, 0.1) is 13.8 Å². The number of hydrogen-bond acceptors (Lipinski definition) is 5. The monoisotopic (exact) mass is 422 g/mol. The number of nitrogens with one attached hydrogen (secondary N) is 1. The van der Waals surface area contributed by atoms with Crippen molar-refractivity contribution in [3.05, 3.63) is 65.4 Å². The van der Waals surface area contributed by atoms with Crippen LogP contribution >= 0.6 is 0 Å². The van der Waals surface area contributed by atoms with E-state index in [9.17, 15) is 17.2 Å². The van der Waals surface area contributed by atoms with Gasteiger partial charge < -0.3 is 9.26 Å². The van der Waals surface area contributed by atoms with Gasteiger partial charge in [-0.2, -0.15) is 0 Å². The summed E-state index contributed by atoms with van der Waals surface area (Å²) in [7, 11) is -3.99. The van der Waals surface area contributed by atoms with Crippen molar-refractivity contribution in [2.45, 2.75) is 31.8 Å². The zero-order chi connectivity index (χ0) is 21.0. The Bertz CT molecular complexity index is 1100. The van der Waals surface area contributed by atoms with E-state index in [1.807, 2.05) is 0 Å². The lowest BCUT2D eigenvalue weighted by Gasteiger charge is -2.15. The zero-order valence-corrected chi connectivity index (χ0v) is 16.7. The average molecular weight is 422 g/mol. The molecule has 1 aromatic heterocycles. The van der Waals surface area contributed by atoms with Gasteiger partial charge >= 0.3 is 0 Å². The molecule has 154 valence electrons. The van der Waals surface area contributed by atoms with Crippen LogP contribution in [0.25, 0.3) is 11.1 Å². The van der Waals surface area contributed by atoms with Crippen molar-refractivity contribution in [2.24, 2.45) is 0 Å². The lowest BCUT2D eigenvalue weighted by atomic mass is 10.0. The highest BCUT2D eigenvalue weighted by molar-refractivity contribution is 7.92. The Kier molecular flexibility index (Phi) is 6.29. The highest BCUT2D eigenvalue weighted by Gasteiger charge is 2.23. The second-order valence-electron chi connectivity index (χ2n) is 6.38. The number of aromatic nitrogens is 1. The molecule has 3 aromatic rings. The third-order valence-corrected chi connectivity index (χ3v) is 5.77. The second-order valence-corrected chi connectivity index (χ2v) is 8.03. The maximum Gasteiger partial charge on any atom is 0.263 e. The molecule has 0 saturated carbocycles. The molecular formula is C20H20F2N2O4S. The third-order valence-electron chi connectivity index (χ3n) is 4.37. The van der Waals surface area contributed by atoms with E-state index in [-0.39, 0.29) is 17.3 Å². The molecule has 0 atom stereocenters. The standard InChI is InChI=1S/C20H20F2N2O4S/c1-13-14(2)28-23-20(13)24-29(25,26)18-10-6-5-9-17(18)16-8-4-3-7-15(16)11-27-12-19(21)22/h3-10,19H,11-12H2,1-2H3,(H,23,24). The molecule has 1 N–H and O–H groups in total. The van der Waals surface area contributed by atoms with E-state index in [4.69, 9.17) is 9.26 Å². The van der Waals surface area contributed by atoms with Gasteiger partial charge in [0.15, 0.2) is 5.82 Å². The summed E-state index contributed by atoms with van der Waals surface area (Å²) in [5.41, 5.74) is 2.20. The van der Waals surface area contributed by atoms with Crippen molar-refractivity contribution >= 4 is 15.8 Å². The van der Waals surface area contributed by atoms with Crippen molar-refractivity contribution in [1.29, 1.82) is 0 Å². The van der Waals surface area contributed by atoms with Crippen LogP contribution in [-0.2, 0) is 21.4 Å². The van der Waals surface area contributed by atoms with Crippen molar-refractivity contribution in [3.8, 4) is 11.1 Å². The molecule has 6 nitrogen and oxygen atoms in total. The molecule has 29 heavy (non-hydrogen) atoms. The Balaban J connectivity index is 1.99. The molecule has 0 aliphatic heterocycles. The molecule has 0 aliphatic carbocycles. The van der Waals surface area contributed by atoms with Crippen LogP contribution in [0.2, 0.25) is 0 Å². The van der Waals surface area contributed by atoms with Gasteiger partial charge in [-0.05, 0) is 31.0 Å². The molecule has 9 heteroatoms. The smallest absolute Gasteiger partial charge is 0.263 e. The maximum atomic E-state index is 13.0. The zero-order valence-electron chi connectivity index (χ0n) is 15.9. The molecule has 0 fully saturated rings. The number of hydrogen-bond donors (Lipinski definition) is 1. The maximum absolute atomic E-state index is 13.0. The molecular weight excluding hydrogens is 402 g/mol. The fourth-order valence-corrected chi connectivity index (χ4v) is 4.07. The molecule has 0 spiro atoms. The molecule has 0 amide bonds. The lowest BCUT2D eigenvalue weighted by molar-refractivity contribution is 0.0100. The van der Waals surface area contributed by atoms with E-state index in [0.29, 0.717) is 28.0 Å². The van der Waals surface area contributed by atoms with Crippen molar-refractivity contribution in [3.63, 3.8) is 0 Å². The van der Waals surface area contributed by atoms with E-state index in [1.54, 1.807) is 56.3 Å². The summed E-state index contributed by atoms with van der Waals surface area (Å²) >= 11 is 0. The van der Waals surface area contributed by atoms with Crippen LogP contribution in [0.3, 0.4) is 0 Å². The van der Waals surface area contributed by atoms with Gasteiger partial charge in [-0.3, -0.25) is 4.72 Å². The first-order valence-electron chi connectivity index (χ1n) is 8.78. The Morgan fingerprint density at radius 2 is 1.72 bits per heavy atom. The van der Waals surface area contributed by atoms with Crippen molar-refractivity contribution < 1.29 is 26.5 Å². The first-order chi connectivity index (χ1) is 13.8. The fraction of sp³-hybridized carbons (Fsp3) is 0.250. The number of alkyl halides is 2. The van der Waals surface area contributed by atoms with Crippen molar-refractivity contribution in [2.75, 3.05) is 11.3 Å². The normalized spacial score (nSPS) is 11.8. The second kappa shape index (κ2) is 8.71. The summed E-state index contributed by atoms with van der Waals surface area (Å²) in [6.45, 7) is 2.62. The topological polar surface area (TPSA) is 81.4 Å². The van der Waals surface area contributed by atoms with Gasteiger partial charge in [0.2, 0.25) is 0 Å². The van der Waals surface area contributed by atoms with Gasteiger partial charge in [-0.1, -0.05) is 47.6 Å². The summed E-state index contributed by atoms with van der Waals surface area (Å²) in [4.78, 5) is 0.0290. The number of benzene rings is 2. The minimum atomic E-state index is -3.99. The minimum Gasteiger partial charge on any atom is -0.371 e. The Labute approximate surface area is 167 Å². The molecule has 0 aliphatic rings. The average Bonchev–Trinajstić information content (AvgIpc) is 3.00. The van der Waals surface area contributed by atoms with Crippen LogP contribution in [0.15, 0.2) is 57.9 Å². The molecule has 3 rings (SSSR count). The number of ether oxygens (including phenoxy) is 1.